The molecule has 3 heteroatoms. The number of likely N-dealkylation sites (tertiary alicyclic amines) is 1. The third kappa shape index (κ3) is 2.73. The van der Waals surface area contributed by atoms with E-state index in [2.05, 4.69) is 6.07 Å². The van der Waals surface area contributed by atoms with Gasteiger partial charge in [0.05, 0.1) is 6.07 Å². The minimum absolute atomic E-state index is 0.0388. The fourth-order valence-corrected chi connectivity index (χ4v) is 1.83. The summed E-state index contributed by atoms with van der Waals surface area (Å²) in [6.45, 7) is 3.58. The summed E-state index contributed by atoms with van der Waals surface area (Å²) < 4.78 is 0. The Labute approximate surface area is 85.7 Å². The number of hydrogen-bond donors (Lipinski definition) is 0. The van der Waals surface area contributed by atoms with Crippen molar-refractivity contribution in [1.29, 1.82) is 5.26 Å². The van der Waals surface area contributed by atoms with Crippen LogP contribution in [0.1, 0.15) is 39.0 Å². The zero-order chi connectivity index (χ0) is 10.4. The van der Waals surface area contributed by atoms with Crippen molar-refractivity contribution in [3.63, 3.8) is 0 Å². The molecule has 14 heavy (non-hydrogen) atoms. The summed E-state index contributed by atoms with van der Waals surface area (Å²) in [5, 5.41) is 8.80. The van der Waals surface area contributed by atoms with Gasteiger partial charge in [0, 0.05) is 13.1 Å². The van der Waals surface area contributed by atoms with Crippen LogP contribution in [0, 0.1) is 17.2 Å². The van der Waals surface area contributed by atoms with Crippen LogP contribution in [-0.2, 0) is 4.79 Å². The largest absolute Gasteiger partial charge is 0.342 e. The van der Waals surface area contributed by atoms with Crippen LogP contribution in [-0.4, -0.2) is 23.9 Å². The Bertz CT molecular complexity index is 224. The molecule has 1 fully saturated rings. The molecule has 0 bridgehead atoms. The van der Waals surface area contributed by atoms with Crippen LogP contribution in [0.15, 0.2) is 0 Å². The fourth-order valence-electron chi connectivity index (χ4n) is 1.83. The summed E-state index contributed by atoms with van der Waals surface area (Å²) in [6.07, 6.45) is 5.24. The summed E-state index contributed by atoms with van der Waals surface area (Å²) in [6, 6.07) is 2.08. The van der Waals surface area contributed by atoms with Crippen LogP contribution in [0.25, 0.3) is 0 Å². The Morgan fingerprint density at radius 3 is 2.36 bits per heavy atom. The Kier molecular flexibility index (Phi) is 4.45. The van der Waals surface area contributed by atoms with Gasteiger partial charge in [0.15, 0.2) is 0 Å². The quantitative estimate of drug-likeness (QED) is 0.674. The first-order valence-corrected chi connectivity index (χ1v) is 5.48. The van der Waals surface area contributed by atoms with E-state index in [0.29, 0.717) is 6.42 Å². The summed E-state index contributed by atoms with van der Waals surface area (Å²) >= 11 is 0. The zero-order valence-electron chi connectivity index (χ0n) is 8.83. The smallest absolute Gasteiger partial charge is 0.239 e. The molecule has 1 atom stereocenters. The number of rotatable bonds is 2. The molecule has 1 rings (SSSR count). The third-order valence-corrected chi connectivity index (χ3v) is 2.78. The maximum Gasteiger partial charge on any atom is 0.239 e. The maximum absolute atomic E-state index is 11.8. The lowest BCUT2D eigenvalue weighted by atomic mass is 10.1. The minimum Gasteiger partial charge on any atom is -0.342 e. The van der Waals surface area contributed by atoms with Crippen molar-refractivity contribution in [2.75, 3.05) is 13.1 Å². The van der Waals surface area contributed by atoms with Gasteiger partial charge in [-0.2, -0.15) is 5.26 Å². The molecule has 0 N–H and O–H groups in total. The number of carbonyl (C=O) groups excluding carboxylic acids is 1. The van der Waals surface area contributed by atoms with Crippen molar-refractivity contribution in [3.05, 3.63) is 0 Å². The highest BCUT2D eigenvalue weighted by Crippen LogP contribution is 2.13. The van der Waals surface area contributed by atoms with Crippen molar-refractivity contribution in [2.24, 2.45) is 5.92 Å². The molecule has 0 aliphatic carbocycles. The summed E-state index contributed by atoms with van der Waals surface area (Å²) in [5.74, 6) is -0.384. The van der Waals surface area contributed by atoms with Crippen molar-refractivity contribution in [2.45, 2.75) is 39.0 Å². The monoisotopic (exact) mass is 194 g/mol. The van der Waals surface area contributed by atoms with Crippen molar-refractivity contribution in [1.82, 2.24) is 4.90 Å². The van der Waals surface area contributed by atoms with Crippen LogP contribution in [0.4, 0.5) is 0 Å². The second-order valence-corrected chi connectivity index (χ2v) is 3.83. The maximum atomic E-state index is 11.8. The molecule has 1 aliphatic rings. The first-order chi connectivity index (χ1) is 6.79. The second-order valence-electron chi connectivity index (χ2n) is 3.83. The van der Waals surface area contributed by atoms with Gasteiger partial charge in [-0.15, -0.1) is 0 Å². The lowest BCUT2D eigenvalue weighted by Gasteiger charge is -2.22. The van der Waals surface area contributed by atoms with Crippen LogP contribution in [0.2, 0.25) is 0 Å². The van der Waals surface area contributed by atoms with E-state index in [1.54, 1.807) is 0 Å². The Hall–Kier alpha value is -1.04. The predicted octanol–water partition coefficient (Wildman–Crippen LogP) is 1.94. The fraction of sp³-hybridized carbons (Fsp3) is 0.818. The molecule has 0 spiro atoms. The van der Waals surface area contributed by atoms with E-state index in [1.807, 2.05) is 11.8 Å². The van der Waals surface area contributed by atoms with Crippen LogP contribution in [0.3, 0.4) is 0 Å². The SMILES string of the molecule is CCC(C#N)C(=O)N1CCCCCC1. The molecule has 0 saturated carbocycles. The number of carbonyl (C=O) groups is 1. The zero-order valence-corrected chi connectivity index (χ0v) is 8.83. The highest BCUT2D eigenvalue weighted by molar-refractivity contribution is 5.81. The van der Waals surface area contributed by atoms with E-state index in [4.69, 9.17) is 5.26 Å². The van der Waals surface area contributed by atoms with Gasteiger partial charge in [-0.25, -0.2) is 0 Å². The van der Waals surface area contributed by atoms with E-state index in [1.165, 1.54) is 12.8 Å². The van der Waals surface area contributed by atoms with Gasteiger partial charge in [-0.3, -0.25) is 4.79 Å². The molecule has 0 aromatic rings. The summed E-state index contributed by atoms with van der Waals surface area (Å²) in [7, 11) is 0. The third-order valence-electron chi connectivity index (χ3n) is 2.78. The van der Waals surface area contributed by atoms with Crippen molar-refractivity contribution >= 4 is 5.91 Å². The molecule has 0 radical (unpaired) electrons. The van der Waals surface area contributed by atoms with Crippen LogP contribution < -0.4 is 0 Å². The average molecular weight is 194 g/mol. The lowest BCUT2D eigenvalue weighted by molar-refractivity contribution is -0.133. The molecule has 1 saturated heterocycles. The lowest BCUT2D eigenvalue weighted by Crippen LogP contribution is -2.36. The normalized spacial score (nSPS) is 19.6. The van der Waals surface area contributed by atoms with Crippen LogP contribution >= 0.6 is 0 Å². The first-order valence-electron chi connectivity index (χ1n) is 5.48. The molecular weight excluding hydrogens is 176 g/mol. The number of nitrogens with zero attached hydrogens (tertiary/aromatic N) is 2. The minimum atomic E-state index is -0.423. The molecule has 0 aromatic heterocycles. The number of hydrogen-bond acceptors (Lipinski definition) is 2. The topological polar surface area (TPSA) is 44.1 Å². The van der Waals surface area contributed by atoms with Gasteiger partial charge in [-0.05, 0) is 19.3 Å². The Balaban J connectivity index is 2.53. The molecule has 1 unspecified atom stereocenters. The van der Waals surface area contributed by atoms with Crippen LogP contribution in [0.5, 0.6) is 0 Å². The van der Waals surface area contributed by atoms with Gasteiger partial charge in [-0.1, -0.05) is 19.8 Å². The van der Waals surface area contributed by atoms with Gasteiger partial charge < -0.3 is 4.90 Å². The molecule has 1 heterocycles. The Morgan fingerprint density at radius 1 is 1.36 bits per heavy atom. The summed E-state index contributed by atoms with van der Waals surface area (Å²) in [5.41, 5.74) is 0. The molecule has 1 amide bonds. The van der Waals surface area contributed by atoms with Gasteiger partial charge >= 0.3 is 0 Å². The number of amides is 1. The van der Waals surface area contributed by atoms with Crippen molar-refractivity contribution in [3.8, 4) is 6.07 Å². The van der Waals surface area contributed by atoms with E-state index in [0.717, 1.165) is 25.9 Å². The molecular formula is C11H18N2O. The van der Waals surface area contributed by atoms with E-state index < -0.39 is 5.92 Å². The predicted molar refractivity (Wildman–Crippen MR) is 54.4 cm³/mol. The number of nitriles is 1. The second kappa shape index (κ2) is 5.64. The molecule has 78 valence electrons. The van der Waals surface area contributed by atoms with Gasteiger partial charge in [0.25, 0.3) is 0 Å². The summed E-state index contributed by atoms with van der Waals surface area (Å²) in [4.78, 5) is 13.7. The van der Waals surface area contributed by atoms with E-state index in [9.17, 15) is 4.79 Å². The van der Waals surface area contributed by atoms with Gasteiger partial charge in [0.2, 0.25) is 5.91 Å². The van der Waals surface area contributed by atoms with Crippen molar-refractivity contribution < 1.29 is 4.79 Å². The first kappa shape index (κ1) is 11.0. The highest BCUT2D eigenvalue weighted by Gasteiger charge is 2.22. The van der Waals surface area contributed by atoms with E-state index >= 15 is 0 Å². The standard InChI is InChI=1S/C11H18N2O/c1-2-10(9-12)11(14)13-7-5-3-4-6-8-13/h10H,2-8H2,1H3. The molecule has 1 aliphatic heterocycles. The average Bonchev–Trinajstić information content (AvgIpc) is 2.47. The van der Waals surface area contributed by atoms with Gasteiger partial charge in [0.1, 0.15) is 5.92 Å². The molecule has 3 nitrogen and oxygen atoms in total. The molecule has 0 aromatic carbocycles. The highest BCUT2D eigenvalue weighted by atomic mass is 16.2. The Morgan fingerprint density at radius 2 is 1.93 bits per heavy atom. The van der Waals surface area contributed by atoms with E-state index in [-0.39, 0.29) is 5.91 Å².